The number of hydrogen-bond donors (Lipinski definition) is 2. The smallest absolute Gasteiger partial charge is 0.344 e. The van der Waals surface area contributed by atoms with Gasteiger partial charge in [-0.2, -0.15) is 9.78 Å². The maximum Gasteiger partial charge on any atom is 0.344 e. The summed E-state index contributed by atoms with van der Waals surface area (Å²) in [6, 6.07) is 3.83. The number of pyridine rings is 1. The number of rotatable bonds is 12. The number of halogens is 1. The SMILES string of the molecule is CCCCCCCCN(C)C(=O)n1cc2cc(C)c(NC(=O)C3CC(OC)=NN3c3ncccc3Cl)c(C(=O)NC(C)C)c2n1. The van der Waals surface area contributed by atoms with Crippen LogP contribution in [0, 0.1) is 6.92 Å². The number of hydrogen-bond acceptors (Lipinski definition) is 8. The summed E-state index contributed by atoms with van der Waals surface area (Å²) < 4.78 is 6.62. The molecule has 45 heavy (non-hydrogen) atoms. The monoisotopic (exact) mass is 638 g/mol. The molecule has 2 N–H and O–H groups in total. The first-order valence-electron chi connectivity index (χ1n) is 15.5. The van der Waals surface area contributed by atoms with Crippen molar-refractivity contribution in [2.24, 2.45) is 5.10 Å². The Morgan fingerprint density at radius 2 is 1.91 bits per heavy atom. The van der Waals surface area contributed by atoms with E-state index in [9.17, 15) is 14.4 Å². The molecule has 0 saturated carbocycles. The summed E-state index contributed by atoms with van der Waals surface area (Å²) >= 11 is 6.39. The Morgan fingerprint density at radius 1 is 1.18 bits per heavy atom. The number of carbonyl (C=O) groups excluding carboxylic acids is 3. The number of anilines is 2. The molecule has 3 heterocycles. The summed E-state index contributed by atoms with van der Waals surface area (Å²) in [6.07, 6.45) is 10.1. The highest BCUT2D eigenvalue weighted by molar-refractivity contribution is 6.33. The fourth-order valence-corrected chi connectivity index (χ4v) is 5.49. The number of fused-ring (bicyclic) bond motifs is 1. The Kier molecular flexibility index (Phi) is 11.4. The number of carbonyl (C=O) groups is 3. The second-order valence-electron chi connectivity index (χ2n) is 11.6. The van der Waals surface area contributed by atoms with Crippen molar-refractivity contribution >= 4 is 57.8 Å². The molecule has 12 nitrogen and oxygen atoms in total. The van der Waals surface area contributed by atoms with Gasteiger partial charge in [-0.05, 0) is 51.0 Å². The molecule has 1 atom stereocenters. The van der Waals surface area contributed by atoms with Gasteiger partial charge in [-0.3, -0.25) is 9.59 Å². The fourth-order valence-electron chi connectivity index (χ4n) is 5.28. The van der Waals surface area contributed by atoms with E-state index in [1.165, 1.54) is 36.1 Å². The summed E-state index contributed by atoms with van der Waals surface area (Å²) in [7, 11) is 3.23. The van der Waals surface area contributed by atoms with Crippen molar-refractivity contribution in [1.29, 1.82) is 0 Å². The minimum absolute atomic E-state index is 0.165. The van der Waals surface area contributed by atoms with Crippen LogP contribution in [0.4, 0.5) is 16.3 Å². The topological polar surface area (TPSA) is 134 Å². The number of nitrogens with one attached hydrogen (secondary N) is 2. The Morgan fingerprint density at radius 3 is 2.60 bits per heavy atom. The van der Waals surface area contributed by atoms with Gasteiger partial charge in [0, 0.05) is 37.4 Å². The fraction of sp³-hybridized carbons (Fsp3) is 0.500. The van der Waals surface area contributed by atoms with E-state index in [1.54, 1.807) is 49.5 Å². The van der Waals surface area contributed by atoms with Gasteiger partial charge in [0.1, 0.15) is 11.6 Å². The number of benzene rings is 1. The van der Waals surface area contributed by atoms with E-state index in [0.29, 0.717) is 45.4 Å². The third-order valence-electron chi connectivity index (χ3n) is 7.64. The van der Waals surface area contributed by atoms with Gasteiger partial charge in [0.15, 0.2) is 5.82 Å². The van der Waals surface area contributed by atoms with Gasteiger partial charge in [0.05, 0.1) is 29.8 Å². The van der Waals surface area contributed by atoms with Crippen molar-refractivity contribution in [3.05, 3.63) is 46.7 Å². The quantitative estimate of drug-likeness (QED) is 0.234. The van der Waals surface area contributed by atoms with Crippen LogP contribution in [-0.4, -0.2) is 76.2 Å². The van der Waals surface area contributed by atoms with Crippen LogP contribution in [0.3, 0.4) is 0 Å². The number of hydrazone groups is 1. The lowest BCUT2D eigenvalue weighted by molar-refractivity contribution is -0.117. The molecule has 0 aliphatic carbocycles. The predicted molar refractivity (Wildman–Crippen MR) is 177 cm³/mol. The minimum atomic E-state index is -0.849. The van der Waals surface area contributed by atoms with Gasteiger partial charge in [-0.1, -0.05) is 50.6 Å². The number of aryl methyl sites for hydroxylation is 1. The van der Waals surface area contributed by atoms with Gasteiger partial charge in [0.25, 0.3) is 5.91 Å². The lowest BCUT2D eigenvalue weighted by Gasteiger charge is -2.23. The molecule has 4 rings (SSSR count). The molecular formula is C32H43ClN8O4. The maximum absolute atomic E-state index is 13.9. The van der Waals surface area contributed by atoms with Gasteiger partial charge in [-0.25, -0.2) is 14.8 Å². The molecule has 0 saturated heterocycles. The zero-order valence-corrected chi connectivity index (χ0v) is 27.6. The normalized spacial score (nSPS) is 14.5. The number of aromatic nitrogens is 3. The first-order chi connectivity index (χ1) is 21.5. The minimum Gasteiger partial charge on any atom is -0.483 e. The molecule has 0 fully saturated rings. The highest BCUT2D eigenvalue weighted by Gasteiger charge is 2.37. The van der Waals surface area contributed by atoms with Crippen LogP contribution < -0.4 is 15.6 Å². The van der Waals surface area contributed by atoms with Crippen LogP contribution >= 0.6 is 11.6 Å². The number of amides is 3. The molecule has 1 aliphatic rings. The molecule has 13 heteroatoms. The largest absolute Gasteiger partial charge is 0.483 e. The molecule has 1 aliphatic heterocycles. The van der Waals surface area contributed by atoms with Gasteiger partial charge < -0.3 is 20.3 Å². The predicted octanol–water partition coefficient (Wildman–Crippen LogP) is 5.97. The van der Waals surface area contributed by atoms with Crippen molar-refractivity contribution in [2.45, 2.75) is 84.7 Å². The molecule has 0 spiro atoms. The number of ether oxygens (including phenoxy) is 1. The summed E-state index contributed by atoms with van der Waals surface area (Å²) in [5.41, 5.74) is 1.40. The molecule has 0 bridgehead atoms. The van der Waals surface area contributed by atoms with Crippen LogP contribution in [0.5, 0.6) is 0 Å². The molecule has 2 aromatic heterocycles. The molecule has 1 unspecified atom stereocenters. The first-order valence-corrected chi connectivity index (χ1v) is 15.8. The average Bonchev–Trinajstić information content (AvgIpc) is 3.63. The van der Waals surface area contributed by atoms with E-state index in [2.05, 4.69) is 32.7 Å². The third-order valence-corrected chi connectivity index (χ3v) is 7.93. The first kappa shape index (κ1) is 33.7. The highest BCUT2D eigenvalue weighted by atomic mass is 35.5. The second kappa shape index (κ2) is 15.2. The standard InChI is InChI=1S/C32H43ClN8O4/c1-7-8-9-10-11-12-16-39(5)32(44)40-19-22-17-21(4)27(26(28(22)38-40)31(43)35-20(2)3)36-30(42)24-18-25(45-6)37-41(24)29-23(33)14-13-15-34-29/h13-15,17,19-20,24H,7-12,16,18H2,1-6H3,(H,35,43)(H,36,42). The molecular weight excluding hydrogens is 596 g/mol. The van der Waals surface area contributed by atoms with Gasteiger partial charge in [0.2, 0.25) is 11.8 Å². The lowest BCUT2D eigenvalue weighted by atomic mass is 10.0. The third kappa shape index (κ3) is 7.91. The van der Waals surface area contributed by atoms with E-state index >= 15 is 0 Å². The van der Waals surface area contributed by atoms with E-state index in [-0.39, 0.29) is 24.1 Å². The summed E-state index contributed by atoms with van der Waals surface area (Å²) in [4.78, 5) is 46.8. The Balaban J connectivity index is 1.64. The van der Waals surface area contributed by atoms with Crippen molar-refractivity contribution in [2.75, 3.05) is 31.0 Å². The maximum atomic E-state index is 13.9. The van der Waals surface area contributed by atoms with Gasteiger partial charge in [-0.15, -0.1) is 5.10 Å². The van der Waals surface area contributed by atoms with Crippen LogP contribution in [0.25, 0.3) is 10.9 Å². The second-order valence-corrected chi connectivity index (χ2v) is 12.0. The van der Waals surface area contributed by atoms with E-state index < -0.39 is 17.9 Å². The van der Waals surface area contributed by atoms with Crippen molar-refractivity contribution in [1.82, 2.24) is 25.0 Å². The molecule has 242 valence electrons. The highest BCUT2D eigenvalue weighted by Crippen LogP contribution is 2.33. The van der Waals surface area contributed by atoms with Crippen LogP contribution in [0.2, 0.25) is 5.02 Å². The van der Waals surface area contributed by atoms with Crippen LogP contribution in [-0.2, 0) is 9.53 Å². The van der Waals surface area contributed by atoms with E-state index in [1.807, 2.05) is 13.8 Å². The molecule has 3 aromatic rings. The van der Waals surface area contributed by atoms with Gasteiger partial charge >= 0.3 is 6.03 Å². The number of methoxy groups -OCH3 is 1. The van der Waals surface area contributed by atoms with Crippen molar-refractivity contribution < 1.29 is 19.1 Å². The Hall–Kier alpha value is -4.19. The van der Waals surface area contributed by atoms with E-state index in [0.717, 1.165) is 19.3 Å². The number of unbranched alkanes of at least 4 members (excludes halogenated alkanes) is 5. The average molecular weight is 639 g/mol. The molecule has 3 amide bonds. The molecule has 1 aromatic carbocycles. The summed E-state index contributed by atoms with van der Waals surface area (Å²) in [5, 5.41) is 17.2. The zero-order chi connectivity index (χ0) is 32.7. The lowest BCUT2D eigenvalue weighted by Crippen LogP contribution is -2.40. The van der Waals surface area contributed by atoms with E-state index in [4.69, 9.17) is 16.3 Å². The van der Waals surface area contributed by atoms with Crippen LogP contribution in [0.1, 0.15) is 81.6 Å². The van der Waals surface area contributed by atoms with Crippen LogP contribution in [0.15, 0.2) is 35.7 Å². The summed E-state index contributed by atoms with van der Waals surface area (Å²) in [6.45, 7) is 8.28. The van der Waals surface area contributed by atoms with Crippen molar-refractivity contribution in [3.8, 4) is 0 Å². The van der Waals surface area contributed by atoms with Crippen molar-refractivity contribution in [3.63, 3.8) is 0 Å². The zero-order valence-electron chi connectivity index (χ0n) is 26.9. The molecule has 0 radical (unpaired) electrons. The Labute approximate surface area is 269 Å². The Bertz CT molecular complexity index is 1570. The summed E-state index contributed by atoms with van der Waals surface area (Å²) in [5.74, 6) is -0.220. The number of nitrogens with zero attached hydrogens (tertiary/aromatic N) is 6.